The summed E-state index contributed by atoms with van der Waals surface area (Å²) in [5.41, 5.74) is 14.7. The van der Waals surface area contributed by atoms with Crippen LogP contribution in [0.15, 0.2) is 255 Å². The van der Waals surface area contributed by atoms with Gasteiger partial charge in [0.2, 0.25) is 22.7 Å². The van der Waals surface area contributed by atoms with Crippen LogP contribution >= 0.6 is 0 Å². The van der Waals surface area contributed by atoms with E-state index < -0.39 is 0 Å². The molecule has 0 saturated carbocycles. The zero-order chi connectivity index (χ0) is 61.2. The van der Waals surface area contributed by atoms with E-state index in [1.165, 1.54) is 24.9 Å². The molecule has 20 nitrogen and oxygen atoms in total. The molecule has 438 valence electrons. The summed E-state index contributed by atoms with van der Waals surface area (Å²) in [5, 5.41) is 88.5. The highest BCUT2D eigenvalue weighted by atomic mass is 16.5. The Morgan fingerprint density at radius 1 is 0.267 bits per heavy atom. The Labute approximate surface area is 516 Å². The predicted octanol–water partition coefficient (Wildman–Crippen LogP) is 11.4. The van der Waals surface area contributed by atoms with Gasteiger partial charge in [-0.1, -0.05) is 106 Å². The second-order valence-corrected chi connectivity index (χ2v) is 21.2. The van der Waals surface area contributed by atoms with Crippen molar-refractivity contribution in [3.05, 3.63) is 343 Å². The molecule has 0 bridgehead atoms. The van der Waals surface area contributed by atoms with Crippen molar-refractivity contribution in [2.75, 3.05) is 0 Å². The van der Waals surface area contributed by atoms with Crippen LogP contribution in [0.4, 0.5) is 22.7 Å². The zero-order valence-corrected chi connectivity index (χ0v) is 48.2. The van der Waals surface area contributed by atoms with Crippen molar-refractivity contribution in [1.29, 1.82) is 0 Å². The summed E-state index contributed by atoms with van der Waals surface area (Å²) >= 11 is 0. The van der Waals surface area contributed by atoms with E-state index in [4.69, 9.17) is 0 Å². The molecule has 0 saturated heterocycles. The normalized spacial score (nSPS) is 12.2. The molecule has 9 aromatic carbocycles. The summed E-state index contributed by atoms with van der Waals surface area (Å²) in [6.07, 6.45) is 15.3. The van der Waals surface area contributed by atoms with Gasteiger partial charge in [-0.3, -0.25) is 0 Å². The summed E-state index contributed by atoms with van der Waals surface area (Å²) in [5.74, 6) is 0. The second kappa shape index (κ2) is 26.0. The zero-order valence-electron chi connectivity index (χ0n) is 48.2. The Morgan fingerprint density at radius 2 is 0.467 bits per heavy atom. The third-order valence-corrected chi connectivity index (χ3v) is 14.9. The van der Waals surface area contributed by atoms with Gasteiger partial charge < -0.3 is 20.8 Å². The highest BCUT2D eigenvalue weighted by Gasteiger charge is 2.19. The average molecular weight is 1180 g/mol. The van der Waals surface area contributed by atoms with Crippen molar-refractivity contribution < 1.29 is 19.0 Å². The fourth-order valence-electron chi connectivity index (χ4n) is 10.2. The maximum Gasteiger partial charge on any atom is 0.216 e. The Balaban J connectivity index is 0.831. The lowest BCUT2D eigenvalue weighted by Crippen LogP contribution is -2.06. The van der Waals surface area contributed by atoms with Gasteiger partial charge in [0.15, 0.2) is 24.9 Å². The predicted molar refractivity (Wildman–Crippen MR) is 343 cm³/mol. The number of hydrogen-bond donors (Lipinski definition) is 0. The lowest BCUT2D eigenvalue weighted by Gasteiger charge is -2.15. The number of benzene rings is 9. The van der Waals surface area contributed by atoms with E-state index >= 15 is 0 Å². The Hall–Kier alpha value is -12.6. The Morgan fingerprint density at radius 3 is 0.667 bits per heavy atom. The first-order chi connectivity index (χ1) is 44.1. The third-order valence-electron chi connectivity index (χ3n) is 14.9. The molecule has 13 rings (SSSR count). The van der Waals surface area contributed by atoms with Crippen LogP contribution in [0.3, 0.4) is 0 Å². The maximum atomic E-state index is 12.9. The van der Waals surface area contributed by atoms with Gasteiger partial charge in [-0.05, 0) is 119 Å². The molecular weight excluding hydrogens is 1130 g/mol. The SMILES string of the molecule is [O-]/[N+](=C\c1ccc(-n2cc(Cc3cc(Cc4cn(-c5ccc(/C=[N+](/[O-])c6ccccc6)cc5)nn4)c(Cc4cn(-c5ccc(/C=[N+](\[O-])c6ccccc6)cc5)nn4)cc3Cc3cn(-c4ccc(/C=[N+](/[O-])c5ccccc5)cc4)nn3)nn2)cc1)c1ccccc1. The first kappa shape index (κ1) is 56.5. The van der Waals surface area contributed by atoms with Crippen LogP contribution in [-0.4, -0.2) is 104 Å². The summed E-state index contributed by atoms with van der Waals surface area (Å²) in [7, 11) is 0. The van der Waals surface area contributed by atoms with E-state index in [1.807, 2.05) is 195 Å². The smallest absolute Gasteiger partial charge is 0.216 e. The van der Waals surface area contributed by atoms with E-state index in [2.05, 4.69) is 53.4 Å². The quantitative estimate of drug-likeness (QED) is 0.0300. The molecule has 0 radical (unpaired) electrons. The fourth-order valence-corrected chi connectivity index (χ4v) is 10.2. The fraction of sp³-hybridized carbons (Fsp3) is 0.0571. The average Bonchev–Trinajstić information content (AvgIpc) is 2.56. The first-order valence-corrected chi connectivity index (χ1v) is 28.8. The van der Waals surface area contributed by atoms with Crippen LogP contribution in [0, 0.1) is 20.8 Å². The largest absolute Gasteiger partial charge is 0.618 e. The van der Waals surface area contributed by atoms with Crippen LogP contribution in [0.25, 0.3) is 22.7 Å². The Bertz CT molecular complexity index is 4120. The van der Waals surface area contributed by atoms with Crippen molar-refractivity contribution in [1.82, 2.24) is 60.0 Å². The number of rotatable bonds is 20. The molecule has 0 fully saturated rings. The van der Waals surface area contributed by atoms with Gasteiger partial charge in [-0.25, -0.2) is 18.7 Å². The van der Waals surface area contributed by atoms with Gasteiger partial charge in [-0.2, -0.15) is 19.0 Å². The van der Waals surface area contributed by atoms with Crippen LogP contribution in [-0.2, 0) is 25.7 Å². The van der Waals surface area contributed by atoms with E-state index in [0.717, 1.165) is 86.2 Å². The lowest BCUT2D eigenvalue weighted by atomic mass is 9.90. The molecule has 13 aromatic rings. The molecular formula is C70H54N16O4. The number of aromatic nitrogens is 12. The number of hydrogen-bond acceptors (Lipinski definition) is 12. The number of nitrogens with zero attached hydrogens (tertiary/aromatic N) is 16. The monoisotopic (exact) mass is 1180 g/mol. The highest BCUT2D eigenvalue weighted by molar-refractivity contribution is 5.79. The van der Waals surface area contributed by atoms with Crippen LogP contribution in [0.5, 0.6) is 0 Å². The van der Waals surface area contributed by atoms with Crippen molar-refractivity contribution in [3.8, 4) is 22.7 Å². The molecule has 4 heterocycles. The molecule has 0 N–H and O–H groups in total. The summed E-state index contributed by atoms with van der Waals surface area (Å²) in [6.45, 7) is 0. The van der Waals surface area contributed by atoms with Gasteiger partial charge in [-0.15, -0.1) is 20.4 Å². The minimum atomic E-state index is 0.392. The molecule has 0 atom stereocenters. The summed E-state index contributed by atoms with van der Waals surface area (Å²) in [6, 6.07) is 70.5. The lowest BCUT2D eigenvalue weighted by molar-refractivity contribution is -0.354. The van der Waals surface area contributed by atoms with Gasteiger partial charge in [0.25, 0.3) is 0 Å². The van der Waals surface area contributed by atoms with Crippen LogP contribution in [0.2, 0.25) is 0 Å². The van der Waals surface area contributed by atoms with E-state index in [0.29, 0.717) is 71.2 Å². The van der Waals surface area contributed by atoms with Gasteiger partial charge in [0.05, 0.1) is 70.3 Å². The van der Waals surface area contributed by atoms with Crippen molar-refractivity contribution in [2.24, 2.45) is 0 Å². The van der Waals surface area contributed by atoms with E-state index in [-0.39, 0.29) is 0 Å². The molecule has 20 heteroatoms. The Kier molecular flexibility index (Phi) is 16.3. The van der Waals surface area contributed by atoms with Crippen molar-refractivity contribution >= 4 is 47.6 Å². The summed E-state index contributed by atoms with van der Waals surface area (Å²) in [4.78, 5) is 0. The van der Waals surface area contributed by atoms with E-state index in [9.17, 15) is 20.8 Å². The molecule has 0 unspecified atom stereocenters. The summed E-state index contributed by atoms with van der Waals surface area (Å²) < 4.78 is 10.2. The molecule has 0 spiro atoms. The maximum absolute atomic E-state index is 12.9. The second-order valence-electron chi connectivity index (χ2n) is 21.2. The third kappa shape index (κ3) is 13.6. The minimum Gasteiger partial charge on any atom is -0.618 e. The van der Waals surface area contributed by atoms with Gasteiger partial charge in [0, 0.05) is 96.5 Å². The van der Waals surface area contributed by atoms with Crippen LogP contribution < -0.4 is 0 Å². The number of para-hydroxylation sites is 4. The van der Waals surface area contributed by atoms with Crippen molar-refractivity contribution in [2.45, 2.75) is 25.7 Å². The van der Waals surface area contributed by atoms with Gasteiger partial charge >= 0.3 is 0 Å². The molecule has 4 aromatic heterocycles. The van der Waals surface area contributed by atoms with Gasteiger partial charge in [0.1, 0.15) is 0 Å². The molecule has 0 aliphatic carbocycles. The molecule has 0 aliphatic rings. The molecule has 0 aliphatic heterocycles. The van der Waals surface area contributed by atoms with Crippen LogP contribution in [0.1, 0.15) is 67.3 Å². The standard InChI is InChI=1S/C70H54N16O4/c87-83(67-13-5-1-6-14-67)43-51-21-29-63(30-22-51)79-47-59(71-75-79)39-55-37-57(41-61-49-81(77-73-61)65-33-25-53(26-34-65)45-85(89)69-17-9-3-10-18-69)58(42-62-50-82(78-74-62)66-35-27-54(28-36-66)46-86(90)70-19-11-4-12-20-70)38-56(55)40-60-48-80(76-72-60)64-31-23-52(24-32-64)44-84(88)68-15-7-2-8-16-68/h1-38,43-50H,39-42H2/b83-43-,84-44+,85-45+,86-46-. The van der Waals surface area contributed by atoms with Crippen molar-refractivity contribution in [3.63, 3.8) is 0 Å². The minimum absolute atomic E-state index is 0.392. The van der Waals surface area contributed by atoms with E-state index in [1.54, 1.807) is 67.3 Å². The highest BCUT2D eigenvalue weighted by Crippen LogP contribution is 2.28. The molecule has 0 amide bonds. The topological polar surface area (TPSA) is 227 Å². The molecule has 90 heavy (non-hydrogen) atoms. The first-order valence-electron chi connectivity index (χ1n) is 28.8.